The summed E-state index contributed by atoms with van der Waals surface area (Å²) < 4.78 is 5.24. The quantitative estimate of drug-likeness (QED) is 0.835. The summed E-state index contributed by atoms with van der Waals surface area (Å²) in [6.07, 6.45) is 3.45. The van der Waals surface area contributed by atoms with Crippen LogP contribution in [0.25, 0.3) is 0 Å². The van der Waals surface area contributed by atoms with E-state index in [1.54, 1.807) is 7.11 Å². The highest BCUT2D eigenvalue weighted by Gasteiger charge is 2.26. The molecule has 2 unspecified atom stereocenters. The summed E-state index contributed by atoms with van der Waals surface area (Å²) in [7, 11) is 1.77. The first-order chi connectivity index (χ1) is 10.3. The van der Waals surface area contributed by atoms with Gasteiger partial charge in [0.15, 0.2) is 0 Å². The first kappa shape index (κ1) is 16.3. The second kappa shape index (κ2) is 8.40. The van der Waals surface area contributed by atoms with Crippen molar-refractivity contribution in [2.75, 3.05) is 38.3 Å². The van der Waals surface area contributed by atoms with Gasteiger partial charge in [-0.3, -0.25) is 0 Å². The van der Waals surface area contributed by atoms with Crippen LogP contribution in [-0.2, 0) is 11.2 Å². The molecule has 1 aromatic carbocycles. The topological polar surface area (TPSA) is 24.5 Å². The van der Waals surface area contributed by atoms with Gasteiger partial charge in [-0.2, -0.15) is 0 Å². The van der Waals surface area contributed by atoms with Gasteiger partial charge in [-0.15, -0.1) is 0 Å². The fourth-order valence-corrected chi connectivity index (χ4v) is 3.24. The molecule has 0 aromatic heterocycles. The van der Waals surface area contributed by atoms with Crippen molar-refractivity contribution < 1.29 is 4.74 Å². The van der Waals surface area contributed by atoms with E-state index in [9.17, 15) is 0 Å². The zero-order chi connectivity index (χ0) is 15.1. The van der Waals surface area contributed by atoms with Gasteiger partial charge in [-0.05, 0) is 43.4 Å². The molecule has 1 fully saturated rings. The second-order valence-corrected chi connectivity index (χ2v) is 6.14. The maximum Gasteiger partial charge on any atom is 0.0503 e. The Morgan fingerprint density at radius 2 is 2.14 bits per heavy atom. The largest absolute Gasteiger partial charge is 0.384 e. The number of hydrogen-bond donors (Lipinski definition) is 1. The maximum absolute atomic E-state index is 5.24. The van der Waals surface area contributed by atoms with Gasteiger partial charge in [0.2, 0.25) is 0 Å². The normalized spacial score (nSPS) is 22.5. The third-order valence-electron chi connectivity index (χ3n) is 4.47. The van der Waals surface area contributed by atoms with Crippen molar-refractivity contribution in [3.8, 4) is 0 Å². The van der Waals surface area contributed by atoms with Crippen LogP contribution in [0.1, 0.15) is 32.3 Å². The second-order valence-electron chi connectivity index (χ2n) is 6.14. The van der Waals surface area contributed by atoms with Crippen molar-refractivity contribution in [2.24, 2.45) is 5.92 Å². The minimum absolute atomic E-state index is 0.673. The van der Waals surface area contributed by atoms with Gasteiger partial charge in [0.05, 0.1) is 6.61 Å². The number of piperidine rings is 1. The fourth-order valence-electron chi connectivity index (χ4n) is 3.24. The van der Waals surface area contributed by atoms with Crippen LogP contribution in [0.2, 0.25) is 0 Å². The summed E-state index contributed by atoms with van der Waals surface area (Å²) >= 11 is 0. The van der Waals surface area contributed by atoms with E-state index >= 15 is 0 Å². The molecule has 2 atom stereocenters. The molecular weight excluding hydrogens is 260 g/mol. The first-order valence-electron chi connectivity index (χ1n) is 8.31. The molecule has 1 N–H and O–H groups in total. The van der Waals surface area contributed by atoms with Crippen molar-refractivity contribution in [1.82, 2.24) is 5.32 Å². The van der Waals surface area contributed by atoms with Gasteiger partial charge in [-0.1, -0.05) is 32.0 Å². The highest BCUT2D eigenvalue weighted by atomic mass is 16.5. The zero-order valence-corrected chi connectivity index (χ0v) is 13.8. The first-order valence-corrected chi connectivity index (χ1v) is 8.31. The van der Waals surface area contributed by atoms with Gasteiger partial charge in [-0.25, -0.2) is 0 Å². The molecule has 0 bridgehead atoms. The Bertz CT molecular complexity index is 421. The molecule has 0 spiro atoms. The van der Waals surface area contributed by atoms with Crippen LogP contribution < -0.4 is 10.2 Å². The highest BCUT2D eigenvalue weighted by molar-refractivity contribution is 5.54. The van der Waals surface area contributed by atoms with E-state index < -0.39 is 0 Å². The smallest absolute Gasteiger partial charge is 0.0503 e. The summed E-state index contributed by atoms with van der Waals surface area (Å²) in [6, 6.07) is 9.45. The van der Waals surface area contributed by atoms with E-state index in [4.69, 9.17) is 4.74 Å². The number of rotatable bonds is 7. The molecule has 2 rings (SSSR count). The number of para-hydroxylation sites is 1. The van der Waals surface area contributed by atoms with E-state index in [2.05, 4.69) is 48.3 Å². The van der Waals surface area contributed by atoms with Gasteiger partial charge in [0.1, 0.15) is 0 Å². The summed E-state index contributed by atoms with van der Waals surface area (Å²) in [4.78, 5) is 2.56. The lowest BCUT2D eigenvalue weighted by molar-refractivity contribution is 0.202. The van der Waals surface area contributed by atoms with E-state index in [-0.39, 0.29) is 0 Å². The molecule has 3 heteroatoms. The molecule has 3 nitrogen and oxygen atoms in total. The third kappa shape index (κ3) is 4.45. The zero-order valence-electron chi connectivity index (χ0n) is 13.8. The van der Waals surface area contributed by atoms with Gasteiger partial charge < -0.3 is 15.0 Å². The number of hydrogen-bond acceptors (Lipinski definition) is 3. The lowest BCUT2D eigenvalue weighted by atomic mass is 9.92. The lowest BCUT2D eigenvalue weighted by Crippen LogP contribution is -2.48. The molecule has 118 valence electrons. The number of nitrogens with one attached hydrogen (secondary N) is 1. The average Bonchev–Trinajstić information content (AvgIpc) is 2.52. The van der Waals surface area contributed by atoms with E-state index in [1.165, 1.54) is 24.1 Å². The third-order valence-corrected chi connectivity index (χ3v) is 4.47. The van der Waals surface area contributed by atoms with Crippen LogP contribution in [0, 0.1) is 5.92 Å². The molecule has 0 saturated carbocycles. The maximum atomic E-state index is 5.24. The number of ether oxygens (including phenoxy) is 1. The highest BCUT2D eigenvalue weighted by Crippen LogP contribution is 2.27. The minimum atomic E-state index is 0.673. The van der Waals surface area contributed by atoms with Crippen molar-refractivity contribution in [2.45, 2.75) is 39.2 Å². The standard InChI is InChI=1S/C18H30N2O/c1-4-11-19-17-9-12-20(14-15(17)2)18-8-6-5-7-16(18)10-13-21-3/h5-8,15,17,19H,4,9-14H2,1-3H3. The molecule has 1 aliphatic rings. The Labute approximate surface area is 129 Å². The average molecular weight is 290 g/mol. The SMILES string of the molecule is CCCNC1CCN(c2ccccc2CCOC)CC1C. The Balaban J connectivity index is 2.00. The van der Waals surface area contributed by atoms with Crippen molar-refractivity contribution >= 4 is 5.69 Å². The Morgan fingerprint density at radius 3 is 2.86 bits per heavy atom. The van der Waals surface area contributed by atoms with Crippen LogP contribution >= 0.6 is 0 Å². The number of anilines is 1. The molecule has 1 aromatic rings. The van der Waals surface area contributed by atoms with Crippen LogP contribution in [0.3, 0.4) is 0 Å². The van der Waals surface area contributed by atoms with E-state index in [0.717, 1.165) is 32.7 Å². The van der Waals surface area contributed by atoms with Crippen molar-refractivity contribution in [3.05, 3.63) is 29.8 Å². The Kier molecular flexibility index (Phi) is 6.52. The Morgan fingerprint density at radius 1 is 1.33 bits per heavy atom. The number of benzene rings is 1. The molecule has 1 aliphatic heterocycles. The van der Waals surface area contributed by atoms with E-state index in [1.807, 2.05) is 0 Å². The predicted molar refractivity (Wildman–Crippen MR) is 90.1 cm³/mol. The molecule has 0 radical (unpaired) electrons. The van der Waals surface area contributed by atoms with Crippen LogP contribution in [0.4, 0.5) is 5.69 Å². The van der Waals surface area contributed by atoms with Crippen LogP contribution in [-0.4, -0.2) is 39.4 Å². The molecule has 0 amide bonds. The summed E-state index contributed by atoms with van der Waals surface area (Å²) in [5, 5.41) is 3.70. The predicted octanol–water partition coefficient (Wildman–Crippen LogP) is 3.09. The minimum Gasteiger partial charge on any atom is -0.384 e. The van der Waals surface area contributed by atoms with Gasteiger partial charge in [0, 0.05) is 31.9 Å². The van der Waals surface area contributed by atoms with Crippen molar-refractivity contribution in [1.29, 1.82) is 0 Å². The molecule has 0 aliphatic carbocycles. The van der Waals surface area contributed by atoms with E-state index in [0.29, 0.717) is 12.0 Å². The number of methoxy groups -OCH3 is 1. The van der Waals surface area contributed by atoms with Gasteiger partial charge >= 0.3 is 0 Å². The monoisotopic (exact) mass is 290 g/mol. The summed E-state index contributed by atoms with van der Waals surface area (Å²) in [5.74, 6) is 0.695. The Hall–Kier alpha value is -1.06. The molecule has 21 heavy (non-hydrogen) atoms. The van der Waals surface area contributed by atoms with Crippen molar-refractivity contribution in [3.63, 3.8) is 0 Å². The molecule has 1 saturated heterocycles. The summed E-state index contributed by atoms with van der Waals surface area (Å²) in [5.41, 5.74) is 2.81. The number of nitrogens with zero attached hydrogens (tertiary/aromatic N) is 1. The fraction of sp³-hybridized carbons (Fsp3) is 0.667. The lowest BCUT2D eigenvalue weighted by Gasteiger charge is -2.39. The van der Waals surface area contributed by atoms with Gasteiger partial charge in [0.25, 0.3) is 0 Å². The van der Waals surface area contributed by atoms with Crippen LogP contribution in [0.5, 0.6) is 0 Å². The summed E-state index contributed by atoms with van der Waals surface area (Å²) in [6.45, 7) is 8.83. The molecule has 1 heterocycles. The van der Waals surface area contributed by atoms with Crippen LogP contribution in [0.15, 0.2) is 24.3 Å². The molecular formula is C18H30N2O.